The predicted octanol–water partition coefficient (Wildman–Crippen LogP) is 1.23. The molecule has 19 heavy (non-hydrogen) atoms. The van der Waals surface area contributed by atoms with Crippen LogP contribution in [-0.4, -0.2) is 52.6 Å². The van der Waals surface area contributed by atoms with Crippen LogP contribution in [0.5, 0.6) is 0 Å². The lowest BCUT2D eigenvalue weighted by Gasteiger charge is -2.31. The third kappa shape index (κ3) is 2.87. The molecule has 1 aliphatic carbocycles. The van der Waals surface area contributed by atoms with E-state index in [2.05, 4.69) is 0 Å². The highest BCUT2D eigenvalue weighted by molar-refractivity contribution is 5.69. The minimum Gasteiger partial charge on any atom is -0.444 e. The molecule has 5 nitrogen and oxygen atoms in total. The Balaban J connectivity index is 2.09. The number of hydrogen-bond donors (Lipinski definition) is 2. The Kier molecular flexibility index (Phi) is 4.06. The molecule has 1 amide bonds. The minimum atomic E-state index is -0.523. The number of carbonyl (C=O) groups is 1. The number of fused-ring (bicyclic) bond motifs is 1. The van der Waals surface area contributed by atoms with Crippen LogP contribution in [0.1, 0.15) is 33.6 Å². The first kappa shape index (κ1) is 14.6. The average Bonchev–Trinajstić information content (AvgIpc) is 2.83. The first-order valence-electron chi connectivity index (χ1n) is 7.08. The smallest absolute Gasteiger partial charge is 0.410 e. The van der Waals surface area contributed by atoms with Gasteiger partial charge in [-0.25, -0.2) is 4.79 Å². The van der Waals surface area contributed by atoms with Gasteiger partial charge in [0.25, 0.3) is 0 Å². The number of amides is 1. The van der Waals surface area contributed by atoms with E-state index in [4.69, 9.17) is 4.74 Å². The van der Waals surface area contributed by atoms with Gasteiger partial charge in [0.15, 0.2) is 0 Å². The highest BCUT2D eigenvalue weighted by atomic mass is 16.6. The van der Waals surface area contributed by atoms with Crippen LogP contribution in [0, 0.1) is 17.8 Å². The molecule has 1 heterocycles. The Bertz CT molecular complexity index is 339. The highest BCUT2D eigenvalue weighted by Crippen LogP contribution is 2.45. The normalized spacial score (nSPS) is 34.5. The summed E-state index contributed by atoms with van der Waals surface area (Å²) in [6.07, 6.45) is 1.66. The van der Waals surface area contributed by atoms with E-state index in [0.717, 1.165) is 12.8 Å². The van der Waals surface area contributed by atoms with Crippen LogP contribution >= 0.6 is 0 Å². The van der Waals surface area contributed by atoms with Crippen LogP contribution in [0.3, 0.4) is 0 Å². The first-order chi connectivity index (χ1) is 8.87. The molecule has 2 aliphatic rings. The van der Waals surface area contributed by atoms with E-state index in [1.165, 1.54) is 0 Å². The van der Waals surface area contributed by atoms with Crippen molar-refractivity contribution in [1.29, 1.82) is 0 Å². The molecule has 0 spiro atoms. The van der Waals surface area contributed by atoms with Gasteiger partial charge in [0.2, 0.25) is 0 Å². The quantitative estimate of drug-likeness (QED) is 0.792. The van der Waals surface area contributed by atoms with Crippen LogP contribution in [0.25, 0.3) is 0 Å². The summed E-state index contributed by atoms with van der Waals surface area (Å²) in [6.45, 7) is 6.24. The van der Waals surface area contributed by atoms with Gasteiger partial charge in [-0.3, -0.25) is 0 Å². The lowest BCUT2D eigenvalue weighted by molar-refractivity contribution is 0.0107. The van der Waals surface area contributed by atoms with Gasteiger partial charge in [0, 0.05) is 13.2 Å². The van der Waals surface area contributed by atoms with Gasteiger partial charge < -0.3 is 19.8 Å². The molecule has 0 unspecified atom stereocenters. The summed E-state index contributed by atoms with van der Waals surface area (Å²) in [6, 6.07) is -0.209. The molecule has 1 saturated carbocycles. The zero-order valence-corrected chi connectivity index (χ0v) is 12.0. The van der Waals surface area contributed by atoms with Gasteiger partial charge in [0.05, 0.1) is 12.6 Å². The summed E-state index contributed by atoms with van der Waals surface area (Å²) in [5.74, 6) is 0.805. The average molecular weight is 271 g/mol. The maximum absolute atomic E-state index is 12.2. The Morgan fingerprint density at radius 1 is 1.26 bits per heavy atom. The van der Waals surface area contributed by atoms with Crippen LogP contribution in [-0.2, 0) is 4.74 Å². The van der Waals surface area contributed by atoms with Crippen LogP contribution in [0.2, 0.25) is 0 Å². The number of ether oxygens (including phenoxy) is 1. The molecule has 1 saturated heterocycles. The van der Waals surface area contributed by atoms with Gasteiger partial charge in [-0.05, 0) is 51.4 Å². The summed E-state index contributed by atoms with van der Waals surface area (Å²) in [5, 5.41) is 19.0. The molecule has 2 rings (SSSR count). The predicted molar refractivity (Wildman–Crippen MR) is 70.6 cm³/mol. The molecule has 4 atom stereocenters. The fourth-order valence-electron chi connectivity index (χ4n) is 3.60. The summed E-state index contributed by atoms with van der Waals surface area (Å²) in [5.41, 5.74) is -0.523. The summed E-state index contributed by atoms with van der Waals surface area (Å²) < 4.78 is 5.40. The van der Waals surface area contributed by atoms with E-state index < -0.39 is 5.60 Å². The van der Waals surface area contributed by atoms with E-state index in [1.54, 1.807) is 4.90 Å². The van der Waals surface area contributed by atoms with Gasteiger partial charge in [-0.15, -0.1) is 0 Å². The SMILES string of the molecule is CC(C)(C)OC(=O)N1C[C@@H]2CC[C@H](CO)[C@@H]2[C@H]1CO. The third-order valence-electron chi connectivity index (χ3n) is 4.32. The van der Waals surface area contributed by atoms with Crippen LogP contribution in [0.15, 0.2) is 0 Å². The Morgan fingerprint density at radius 3 is 2.47 bits per heavy atom. The molecular formula is C14H25NO4. The van der Waals surface area contributed by atoms with Crippen LogP contribution < -0.4 is 0 Å². The maximum Gasteiger partial charge on any atom is 0.410 e. The number of rotatable bonds is 2. The molecule has 0 aromatic carbocycles. The fourth-order valence-corrected chi connectivity index (χ4v) is 3.60. The second-order valence-corrected chi connectivity index (χ2v) is 6.74. The van der Waals surface area contributed by atoms with Crippen molar-refractivity contribution in [2.45, 2.75) is 45.3 Å². The molecule has 110 valence electrons. The molecule has 2 N–H and O–H groups in total. The van der Waals surface area contributed by atoms with Gasteiger partial charge >= 0.3 is 6.09 Å². The number of likely N-dealkylation sites (tertiary alicyclic amines) is 1. The van der Waals surface area contributed by atoms with Gasteiger partial charge in [-0.1, -0.05) is 0 Å². The molecule has 0 aromatic rings. The van der Waals surface area contributed by atoms with E-state index >= 15 is 0 Å². The second-order valence-electron chi connectivity index (χ2n) is 6.74. The summed E-state index contributed by atoms with van der Waals surface area (Å²) in [4.78, 5) is 13.8. The third-order valence-corrected chi connectivity index (χ3v) is 4.32. The number of aliphatic hydroxyl groups excluding tert-OH is 2. The van der Waals surface area contributed by atoms with Crippen molar-refractivity contribution in [3.05, 3.63) is 0 Å². The first-order valence-corrected chi connectivity index (χ1v) is 7.08. The fraction of sp³-hybridized carbons (Fsp3) is 0.929. The van der Waals surface area contributed by atoms with E-state index in [0.29, 0.717) is 12.5 Å². The monoisotopic (exact) mass is 271 g/mol. The van der Waals surface area contributed by atoms with Crippen molar-refractivity contribution in [1.82, 2.24) is 4.90 Å². The number of hydrogen-bond acceptors (Lipinski definition) is 4. The van der Waals surface area contributed by atoms with Crippen molar-refractivity contribution in [2.24, 2.45) is 17.8 Å². The Labute approximate surface area is 114 Å². The standard InChI is InChI=1S/C14H25NO4/c1-14(2,3)19-13(18)15-6-9-4-5-10(7-16)12(9)11(15)8-17/h9-12,16-17H,4-8H2,1-3H3/t9-,10+,11+,12+/m0/s1. The molecule has 5 heteroatoms. The number of aliphatic hydroxyl groups is 2. The maximum atomic E-state index is 12.2. The summed E-state index contributed by atoms with van der Waals surface area (Å²) >= 11 is 0. The molecular weight excluding hydrogens is 246 g/mol. The molecule has 1 aliphatic heterocycles. The molecule has 0 bridgehead atoms. The topological polar surface area (TPSA) is 70.0 Å². The molecule has 0 aromatic heterocycles. The van der Waals surface area contributed by atoms with Gasteiger partial charge in [0.1, 0.15) is 5.60 Å². The van der Waals surface area contributed by atoms with E-state index in [9.17, 15) is 15.0 Å². The molecule has 0 radical (unpaired) electrons. The summed E-state index contributed by atoms with van der Waals surface area (Å²) in [7, 11) is 0. The Hall–Kier alpha value is -0.810. The van der Waals surface area contributed by atoms with Gasteiger partial charge in [-0.2, -0.15) is 0 Å². The van der Waals surface area contributed by atoms with Crippen molar-refractivity contribution < 1.29 is 19.7 Å². The van der Waals surface area contributed by atoms with Crippen molar-refractivity contribution in [3.8, 4) is 0 Å². The molecule has 2 fully saturated rings. The van der Waals surface area contributed by atoms with Crippen LogP contribution in [0.4, 0.5) is 4.79 Å². The van der Waals surface area contributed by atoms with Crippen molar-refractivity contribution in [2.75, 3.05) is 19.8 Å². The zero-order chi connectivity index (χ0) is 14.2. The van der Waals surface area contributed by atoms with Crippen molar-refractivity contribution in [3.63, 3.8) is 0 Å². The number of nitrogens with zero attached hydrogens (tertiary/aromatic N) is 1. The largest absolute Gasteiger partial charge is 0.444 e. The van der Waals surface area contributed by atoms with E-state index in [1.807, 2.05) is 20.8 Å². The minimum absolute atomic E-state index is 0.0586. The van der Waals surface area contributed by atoms with E-state index in [-0.39, 0.29) is 37.2 Å². The lowest BCUT2D eigenvalue weighted by Crippen LogP contribution is -2.44. The Morgan fingerprint density at radius 2 is 1.95 bits per heavy atom. The lowest BCUT2D eigenvalue weighted by atomic mass is 9.87. The highest BCUT2D eigenvalue weighted by Gasteiger charge is 2.50. The zero-order valence-electron chi connectivity index (χ0n) is 12.0. The second kappa shape index (κ2) is 5.29. The van der Waals surface area contributed by atoms with Crippen molar-refractivity contribution >= 4 is 6.09 Å². The number of carbonyl (C=O) groups excluding carboxylic acids is 1.